The Morgan fingerprint density at radius 2 is 1.47 bits per heavy atom. The standard InChI is InChI=1S/C26H40N10O2/c1-19-16-27-23(32-25(30-19)35(5)12-10-21-8-6-14-37-21)29-18-36(13-11-22-9-7-15-38-22)26-31-20(2)17-28-24(33-26)34(3)4/h6-9,14-15,19-20H,10-13,16-18H2,1-5H3,(H,28,31,33)(H2,27,29,30,32). The number of hydrogen-bond acceptors (Lipinski definition) is 12. The normalized spacial score (nSPS) is 19.5. The Balaban J connectivity index is 1.44. The minimum Gasteiger partial charge on any atom is -0.469 e. The average Bonchev–Trinajstić information content (AvgIpc) is 3.53. The molecule has 2 aliphatic rings. The van der Waals surface area contributed by atoms with Gasteiger partial charge in [0.1, 0.15) is 11.5 Å². The fourth-order valence-corrected chi connectivity index (χ4v) is 3.97. The van der Waals surface area contributed by atoms with E-state index in [1.807, 2.05) is 50.3 Å². The van der Waals surface area contributed by atoms with Crippen LogP contribution in [0, 0.1) is 0 Å². The minimum absolute atomic E-state index is 0.0526. The third kappa shape index (κ3) is 7.77. The van der Waals surface area contributed by atoms with Crippen molar-refractivity contribution < 1.29 is 8.83 Å². The molecule has 0 aromatic carbocycles. The van der Waals surface area contributed by atoms with Crippen LogP contribution in [0.4, 0.5) is 0 Å². The van der Waals surface area contributed by atoms with Gasteiger partial charge in [-0.1, -0.05) is 0 Å². The molecule has 0 saturated carbocycles. The zero-order valence-electron chi connectivity index (χ0n) is 23.0. The van der Waals surface area contributed by atoms with Crippen LogP contribution < -0.4 is 16.0 Å². The molecule has 3 N–H and O–H groups in total. The number of likely N-dealkylation sites (N-methyl/N-ethyl adjacent to an activating group) is 1. The molecule has 12 heteroatoms. The van der Waals surface area contributed by atoms with Gasteiger partial charge in [-0.15, -0.1) is 0 Å². The van der Waals surface area contributed by atoms with E-state index in [1.165, 1.54) is 0 Å². The van der Waals surface area contributed by atoms with E-state index in [1.54, 1.807) is 12.5 Å². The first-order valence-corrected chi connectivity index (χ1v) is 13.1. The summed E-state index contributed by atoms with van der Waals surface area (Å²) < 4.78 is 11.1. The Kier molecular flexibility index (Phi) is 9.28. The smallest absolute Gasteiger partial charge is 0.202 e. The summed E-state index contributed by atoms with van der Waals surface area (Å²) in [5.74, 6) is 4.85. The van der Waals surface area contributed by atoms with E-state index in [0.717, 1.165) is 48.8 Å². The molecule has 38 heavy (non-hydrogen) atoms. The van der Waals surface area contributed by atoms with Gasteiger partial charge in [0.15, 0.2) is 11.9 Å². The third-order valence-electron chi connectivity index (χ3n) is 6.16. The second-order valence-corrected chi connectivity index (χ2v) is 9.78. The van der Waals surface area contributed by atoms with Crippen LogP contribution >= 0.6 is 0 Å². The number of aliphatic imine (C=N–C) groups is 4. The molecular weight excluding hydrogens is 484 g/mol. The molecule has 0 radical (unpaired) electrons. The molecule has 0 saturated heterocycles. The summed E-state index contributed by atoms with van der Waals surface area (Å²) in [7, 11) is 5.97. The van der Waals surface area contributed by atoms with E-state index in [9.17, 15) is 0 Å². The molecule has 2 atom stereocenters. The monoisotopic (exact) mass is 524 g/mol. The van der Waals surface area contributed by atoms with Crippen molar-refractivity contribution in [1.29, 1.82) is 0 Å². The zero-order valence-corrected chi connectivity index (χ0v) is 23.0. The molecule has 2 aromatic rings. The van der Waals surface area contributed by atoms with Crippen LogP contribution in [0.2, 0.25) is 0 Å². The summed E-state index contributed by atoms with van der Waals surface area (Å²) in [4.78, 5) is 25.4. The number of guanidine groups is 4. The maximum Gasteiger partial charge on any atom is 0.202 e. The number of nitrogens with one attached hydrogen (secondary N) is 3. The molecule has 4 rings (SSSR count). The molecule has 0 aliphatic carbocycles. The van der Waals surface area contributed by atoms with Gasteiger partial charge in [0, 0.05) is 47.1 Å². The molecule has 2 unspecified atom stereocenters. The SMILES string of the molecule is CC1CN=C(NCN(CCc2ccco2)C2=NC(C)CN=C(N(C)C)N2)NC(N(C)CCc2ccco2)=N1. The highest BCUT2D eigenvalue weighted by Crippen LogP contribution is 2.07. The zero-order chi connectivity index (χ0) is 26.9. The highest BCUT2D eigenvalue weighted by molar-refractivity contribution is 6.00. The molecule has 0 bridgehead atoms. The van der Waals surface area contributed by atoms with Gasteiger partial charge in [0.25, 0.3) is 0 Å². The van der Waals surface area contributed by atoms with E-state index >= 15 is 0 Å². The summed E-state index contributed by atoms with van der Waals surface area (Å²) in [6.45, 7) is 7.28. The van der Waals surface area contributed by atoms with Gasteiger partial charge in [-0.3, -0.25) is 20.6 Å². The highest BCUT2D eigenvalue weighted by atomic mass is 16.3. The van der Waals surface area contributed by atoms with E-state index in [2.05, 4.69) is 44.6 Å². The van der Waals surface area contributed by atoms with Crippen molar-refractivity contribution >= 4 is 23.8 Å². The van der Waals surface area contributed by atoms with Crippen LogP contribution in [-0.2, 0) is 12.8 Å². The first-order valence-electron chi connectivity index (χ1n) is 13.1. The molecular formula is C26H40N10O2. The lowest BCUT2D eigenvalue weighted by molar-refractivity contribution is 0.381. The van der Waals surface area contributed by atoms with Crippen molar-refractivity contribution in [3.8, 4) is 0 Å². The quantitative estimate of drug-likeness (QED) is 0.443. The van der Waals surface area contributed by atoms with Crippen LogP contribution in [0.15, 0.2) is 65.6 Å². The molecule has 2 aromatic heterocycles. The van der Waals surface area contributed by atoms with Crippen molar-refractivity contribution in [3.05, 3.63) is 48.3 Å². The van der Waals surface area contributed by atoms with Gasteiger partial charge in [-0.25, -0.2) is 9.98 Å². The fourth-order valence-electron chi connectivity index (χ4n) is 3.97. The minimum atomic E-state index is 0.0526. The third-order valence-corrected chi connectivity index (χ3v) is 6.16. The fraction of sp³-hybridized carbons (Fsp3) is 0.538. The lowest BCUT2D eigenvalue weighted by Gasteiger charge is -2.29. The number of hydrogen-bond donors (Lipinski definition) is 3. The number of furan rings is 2. The van der Waals surface area contributed by atoms with Crippen LogP contribution in [0.1, 0.15) is 25.4 Å². The van der Waals surface area contributed by atoms with Crippen LogP contribution in [0.5, 0.6) is 0 Å². The van der Waals surface area contributed by atoms with Gasteiger partial charge < -0.3 is 28.9 Å². The van der Waals surface area contributed by atoms with Gasteiger partial charge in [0.2, 0.25) is 11.9 Å². The van der Waals surface area contributed by atoms with Crippen molar-refractivity contribution in [1.82, 2.24) is 30.7 Å². The second kappa shape index (κ2) is 13.0. The molecule has 0 amide bonds. The Hall–Kier alpha value is -3.96. The maximum absolute atomic E-state index is 5.59. The predicted octanol–water partition coefficient (Wildman–Crippen LogP) is 1.41. The topological polar surface area (TPSA) is 122 Å². The average molecular weight is 525 g/mol. The van der Waals surface area contributed by atoms with Gasteiger partial charge in [-0.2, -0.15) is 0 Å². The lowest BCUT2D eigenvalue weighted by atomic mass is 10.3. The number of rotatable bonds is 8. The van der Waals surface area contributed by atoms with Crippen molar-refractivity contribution in [2.75, 3.05) is 54.0 Å². The molecule has 0 spiro atoms. The van der Waals surface area contributed by atoms with Crippen molar-refractivity contribution in [2.45, 2.75) is 38.8 Å². The van der Waals surface area contributed by atoms with Crippen LogP contribution in [-0.4, -0.2) is 105 Å². The van der Waals surface area contributed by atoms with Crippen molar-refractivity contribution in [2.24, 2.45) is 20.0 Å². The predicted molar refractivity (Wildman–Crippen MR) is 151 cm³/mol. The van der Waals surface area contributed by atoms with E-state index < -0.39 is 0 Å². The van der Waals surface area contributed by atoms with E-state index in [4.69, 9.17) is 23.8 Å². The van der Waals surface area contributed by atoms with E-state index in [0.29, 0.717) is 32.3 Å². The first kappa shape index (κ1) is 27.1. The largest absolute Gasteiger partial charge is 0.469 e. The Morgan fingerprint density at radius 1 is 0.842 bits per heavy atom. The molecule has 4 heterocycles. The first-order chi connectivity index (χ1) is 18.4. The molecule has 12 nitrogen and oxygen atoms in total. The summed E-state index contributed by atoms with van der Waals surface area (Å²) in [6.07, 6.45) is 4.93. The van der Waals surface area contributed by atoms with Gasteiger partial charge in [0.05, 0.1) is 44.4 Å². The summed E-state index contributed by atoms with van der Waals surface area (Å²) in [5.41, 5.74) is 0. The number of nitrogens with zero attached hydrogens (tertiary/aromatic N) is 7. The second-order valence-electron chi connectivity index (χ2n) is 9.78. The molecule has 0 fully saturated rings. The summed E-state index contributed by atoms with van der Waals surface area (Å²) >= 11 is 0. The Labute approximate surface area is 224 Å². The summed E-state index contributed by atoms with van der Waals surface area (Å²) in [5, 5.41) is 10.3. The summed E-state index contributed by atoms with van der Waals surface area (Å²) in [6, 6.07) is 7.91. The van der Waals surface area contributed by atoms with Gasteiger partial charge in [-0.05, 0) is 38.1 Å². The van der Waals surface area contributed by atoms with E-state index in [-0.39, 0.29) is 12.1 Å². The Bertz CT molecular complexity index is 1120. The maximum atomic E-state index is 5.59. The molecule has 2 aliphatic heterocycles. The van der Waals surface area contributed by atoms with Gasteiger partial charge >= 0.3 is 0 Å². The van der Waals surface area contributed by atoms with Crippen LogP contribution in [0.25, 0.3) is 0 Å². The van der Waals surface area contributed by atoms with Crippen LogP contribution in [0.3, 0.4) is 0 Å². The Morgan fingerprint density at radius 3 is 2.11 bits per heavy atom. The molecule has 206 valence electrons. The lowest BCUT2D eigenvalue weighted by Crippen LogP contribution is -2.54. The van der Waals surface area contributed by atoms with Crippen molar-refractivity contribution in [3.63, 3.8) is 0 Å². The highest BCUT2D eigenvalue weighted by Gasteiger charge is 2.21.